The van der Waals surface area contributed by atoms with E-state index in [-0.39, 0.29) is 17.0 Å². The van der Waals surface area contributed by atoms with Crippen molar-refractivity contribution in [2.45, 2.75) is 30.8 Å². The van der Waals surface area contributed by atoms with E-state index in [2.05, 4.69) is 10.3 Å². The summed E-state index contributed by atoms with van der Waals surface area (Å²) in [5.74, 6) is -0.646. The molecule has 1 aromatic rings. The van der Waals surface area contributed by atoms with Crippen LogP contribution >= 0.6 is 0 Å². The Bertz CT molecular complexity index is 525. The van der Waals surface area contributed by atoms with Crippen molar-refractivity contribution < 1.29 is 12.8 Å². The number of aromatic nitrogens is 1. The fourth-order valence-corrected chi connectivity index (χ4v) is 3.75. The lowest BCUT2D eigenvalue weighted by Gasteiger charge is -2.35. The summed E-state index contributed by atoms with van der Waals surface area (Å²) in [6, 6.07) is 1.15. The van der Waals surface area contributed by atoms with Crippen LogP contribution in [-0.2, 0) is 10.0 Å². The molecule has 1 aliphatic rings. The average Bonchev–Trinajstić information content (AvgIpc) is 2.27. The predicted molar refractivity (Wildman–Crippen MR) is 65.0 cm³/mol. The Morgan fingerprint density at radius 1 is 1.33 bits per heavy atom. The molecule has 2 atom stereocenters. The molecule has 2 heterocycles. The smallest absolute Gasteiger partial charge is 0.244 e. The SMILES string of the molecule is CC1CN(S(=O)(=O)c2cncc(F)c2)CC(C)N1. The van der Waals surface area contributed by atoms with Crippen LogP contribution in [0.25, 0.3) is 0 Å². The Balaban J connectivity index is 2.31. The summed E-state index contributed by atoms with van der Waals surface area (Å²) < 4.78 is 39.1. The average molecular weight is 273 g/mol. The molecule has 1 N–H and O–H groups in total. The molecule has 1 saturated heterocycles. The van der Waals surface area contributed by atoms with E-state index >= 15 is 0 Å². The summed E-state index contributed by atoms with van der Waals surface area (Å²) >= 11 is 0. The number of rotatable bonds is 2. The lowest BCUT2D eigenvalue weighted by Crippen LogP contribution is -2.55. The highest BCUT2D eigenvalue weighted by Gasteiger charge is 2.31. The molecule has 0 amide bonds. The van der Waals surface area contributed by atoms with Gasteiger partial charge in [0.05, 0.1) is 6.20 Å². The molecule has 7 heteroatoms. The second-order valence-electron chi connectivity index (χ2n) is 4.63. The number of hydrogen-bond donors (Lipinski definition) is 1. The van der Waals surface area contributed by atoms with Gasteiger partial charge in [-0.1, -0.05) is 0 Å². The van der Waals surface area contributed by atoms with Gasteiger partial charge in [0, 0.05) is 31.4 Å². The Labute approximate surface area is 106 Å². The van der Waals surface area contributed by atoms with Crippen molar-refractivity contribution in [3.8, 4) is 0 Å². The fourth-order valence-electron chi connectivity index (χ4n) is 2.16. The third-order valence-corrected chi connectivity index (χ3v) is 4.64. The lowest BCUT2D eigenvalue weighted by atomic mass is 10.2. The summed E-state index contributed by atoms with van der Waals surface area (Å²) in [6.07, 6.45) is 2.16. The van der Waals surface area contributed by atoms with Crippen molar-refractivity contribution >= 4 is 10.0 Å². The first-order valence-corrected chi connectivity index (χ1v) is 7.20. The molecule has 1 aromatic heterocycles. The van der Waals surface area contributed by atoms with Crippen LogP contribution in [-0.4, -0.2) is 42.9 Å². The number of nitrogens with one attached hydrogen (secondary N) is 1. The van der Waals surface area contributed by atoms with Crippen molar-refractivity contribution in [2.75, 3.05) is 13.1 Å². The minimum Gasteiger partial charge on any atom is -0.309 e. The van der Waals surface area contributed by atoms with Crippen molar-refractivity contribution in [1.29, 1.82) is 0 Å². The molecule has 2 rings (SSSR count). The van der Waals surface area contributed by atoms with E-state index in [1.807, 2.05) is 13.8 Å². The monoisotopic (exact) mass is 273 g/mol. The van der Waals surface area contributed by atoms with E-state index in [4.69, 9.17) is 0 Å². The maximum atomic E-state index is 13.1. The zero-order valence-electron chi connectivity index (χ0n) is 10.3. The van der Waals surface area contributed by atoms with Gasteiger partial charge in [-0.25, -0.2) is 12.8 Å². The van der Waals surface area contributed by atoms with Crippen LogP contribution in [0.2, 0.25) is 0 Å². The largest absolute Gasteiger partial charge is 0.309 e. The Kier molecular flexibility index (Phi) is 3.65. The van der Waals surface area contributed by atoms with Crippen LogP contribution in [0.5, 0.6) is 0 Å². The third kappa shape index (κ3) is 2.68. The fraction of sp³-hybridized carbons (Fsp3) is 0.545. The molecule has 1 fully saturated rings. The number of sulfonamides is 1. The van der Waals surface area contributed by atoms with Crippen LogP contribution in [0.1, 0.15) is 13.8 Å². The number of hydrogen-bond acceptors (Lipinski definition) is 4. The molecular weight excluding hydrogens is 257 g/mol. The molecule has 0 radical (unpaired) electrons. The van der Waals surface area contributed by atoms with E-state index in [1.165, 1.54) is 10.5 Å². The van der Waals surface area contributed by atoms with E-state index in [0.717, 1.165) is 12.3 Å². The summed E-state index contributed by atoms with van der Waals surface area (Å²) in [7, 11) is -3.66. The first kappa shape index (κ1) is 13.4. The first-order chi connectivity index (χ1) is 8.39. The summed E-state index contributed by atoms with van der Waals surface area (Å²) in [5.41, 5.74) is 0. The van der Waals surface area contributed by atoms with Gasteiger partial charge in [0.25, 0.3) is 0 Å². The summed E-state index contributed by atoms with van der Waals surface area (Å²) in [4.78, 5) is 3.49. The van der Waals surface area contributed by atoms with E-state index < -0.39 is 15.8 Å². The predicted octanol–water partition coefficient (Wildman–Crippen LogP) is 0.592. The lowest BCUT2D eigenvalue weighted by molar-refractivity contribution is 0.263. The van der Waals surface area contributed by atoms with Crippen LogP contribution in [0.3, 0.4) is 0 Å². The quantitative estimate of drug-likeness (QED) is 0.857. The normalized spacial score (nSPS) is 26.2. The molecule has 0 saturated carbocycles. The van der Waals surface area contributed by atoms with Gasteiger partial charge in [-0.05, 0) is 19.9 Å². The van der Waals surface area contributed by atoms with Gasteiger partial charge in [0.15, 0.2) is 0 Å². The minimum absolute atomic E-state index is 0.0741. The van der Waals surface area contributed by atoms with Gasteiger partial charge in [-0.3, -0.25) is 4.98 Å². The van der Waals surface area contributed by atoms with Gasteiger partial charge < -0.3 is 5.32 Å². The number of nitrogens with zero attached hydrogens (tertiary/aromatic N) is 2. The van der Waals surface area contributed by atoms with Crippen LogP contribution in [0.4, 0.5) is 4.39 Å². The molecule has 2 unspecified atom stereocenters. The maximum absolute atomic E-state index is 13.1. The molecule has 1 aliphatic heterocycles. The second kappa shape index (κ2) is 4.91. The minimum atomic E-state index is -3.66. The Morgan fingerprint density at radius 3 is 2.50 bits per heavy atom. The molecular formula is C11H16FN3O2S. The van der Waals surface area contributed by atoms with Gasteiger partial charge in [0.1, 0.15) is 10.7 Å². The topological polar surface area (TPSA) is 62.3 Å². The molecule has 0 bridgehead atoms. The number of pyridine rings is 1. The van der Waals surface area contributed by atoms with Gasteiger partial charge in [-0.15, -0.1) is 0 Å². The molecule has 0 spiro atoms. The highest BCUT2D eigenvalue weighted by Crippen LogP contribution is 2.18. The van der Waals surface area contributed by atoms with E-state index in [0.29, 0.717) is 13.1 Å². The van der Waals surface area contributed by atoms with Crippen molar-refractivity contribution in [3.63, 3.8) is 0 Å². The first-order valence-electron chi connectivity index (χ1n) is 5.76. The molecule has 0 aromatic carbocycles. The summed E-state index contributed by atoms with van der Waals surface area (Å²) in [5, 5.41) is 3.25. The Morgan fingerprint density at radius 2 is 1.94 bits per heavy atom. The standard InChI is InChI=1S/C11H16FN3O2S/c1-8-6-15(7-9(2)14-8)18(16,17)11-3-10(12)4-13-5-11/h3-5,8-9,14H,6-7H2,1-2H3. The van der Waals surface area contributed by atoms with Crippen molar-refractivity contribution in [3.05, 3.63) is 24.3 Å². The third-order valence-electron chi connectivity index (χ3n) is 2.84. The molecule has 18 heavy (non-hydrogen) atoms. The van der Waals surface area contributed by atoms with Crippen molar-refractivity contribution in [1.82, 2.24) is 14.6 Å². The van der Waals surface area contributed by atoms with Gasteiger partial charge in [0.2, 0.25) is 10.0 Å². The highest BCUT2D eigenvalue weighted by atomic mass is 32.2. The van der Waals surface area contributed by atoms with E-state index in [9.17, 15) is 12.8 Å². The zero-order valence-corrected chi connectivity index (χ0v) is 11.1. The Hall–Kier alpha value is -1.05. The summed E-state index contributed by atoms with van der Waals surface area (Å²) in [6.45, 7) is 4.59. The van der Waals surface area contributed by atoms with E-state index in [1.54, 1.807) is 0 Å². The van der Waals surface area contributed by atoms with Gasteiger partial charge >= 0.3 is 0 Å². The molecule has 100 valence electrons. The number of piperazine rings is 1. The van der Waals surface area contributed by atoms with Crippen molar-refractivity contribution in [2.24, 2.45) is 0 Å². The van der Waals surface area contributed by atoms with Crippen LogP contribution in [0, 0.1) is 5.82 Å². The molecule has 0 aliphatic carbocycles. The molecule has 5 nitrogen and oxygen atoms in total. The van der Waals surface area contributed by atoms with Crippen LogP contribution < -0.4 is 5.32 Å². The van der Waals surface area contributed by atoms with Gasteiger partial charge in [-0.2, -0.15) is 4.31 Å². The van der Waals surface area contributed by atoms with Crippen LogP contribution in [0.15, 0.2) is 23.4 Å². The number of halogens is 1. The second-order valence-corrected chi connectivity index (χ2v) is 6.57. The zero-order chi connectivity index (χ0) is 13.3. The maximum Gasteiger partial charge on any atom is 0.244 e. The highest BCUT2D eigenvalue weighted by molar-refractivity contribution is 7.89.